The van der Waals surface area contributed by atoms with Crippen molar-refractivity contribution in [3.8, 4) is 0 Å². The first kappa shape index (κ1) is 8.37. The quantitative estimate of drug-likeness (QED) is 0.613. The second-order valence-electron chi connectivity index (χ2n) is 4.22. The molecule has 1 fully saturated rings. The van der Waals surface area contributed by atoms with Gasteiger partial charge in [0.05, 0.1) is 12.3 Å². The van der Waals surface area contributed by atoms with Gasteiger partial charge in [0.15, 0.2) is 0 Å². The third-order valence-electron chi connectivity index (χ3n) is 3.14. The molecule has 2 aliphatic heterocycles. The van der Waals surface area contributed by atoms with Gasteiger partial charge in [0.25, 0.3) is 0 Å². The van der Waals surface area contributed by atoms with Crippen molar-refractivity contribution in [2.75, 3.05) is 41.2 Å². The summed E-state index contributed by atoms with van der Waals surface area (Å²) in [5.41, 5.74) is 0. The standard InChI is InChI=1S/C6H14N2.C6H12N2/c2*1-6-7(2)4-5-8(6)3/h6H,4-5H2,1-3H3;4-6H,1-3H3/i2*2D,3D. The molecule has 0 saturated carbocycles. The van der Waals surface area contributed by atoms with Crippen LogP contribution in [0, 0.1) is 0 Å². The van der Waals surface area contributed by atoms with Gasteiger partial charge in [0, 0.05) is 45.0 Å². The van der Waals surface area contributed by atoms with E-state index in [0.717, 1.165) is 13.1 Å². The van der Waals surface area contributed by atoms with Crippen molar-refractivity contribution in [2.24, 2.45) is 0 Å². The first-order valence-electron chi connectivity index (χ1n) is 8.26. The number of rotatable bonds is 0. The van der Waals surface area contributed by atoms with Crippen molar-refractivity contribution in [1.82, 2.24) is 19.6 Å². The fourth-order valence-electron chi connectivity index (χ4n) is 1.47. The molecule has 0 unspecified atom stereocenters. The summed E-state index contributed by atoms with van der Waals surface area (Å²) in [6.45, 7) is 5.94. The van der Waals surface area contributed by atoms with Crippen molar-refractivity contribution in [1.29, 1.82) is 0 Å². The lowest BCUT2D eigenvalue weighted by Gasteiger charge is -2.22. The Labute approximate surface area is 106 Å². The second kappa shape index (κ2) is 5.55. The Hall–Kier alpha value is -0.740. The fourth-order valence-corrected chi connectivity index (χ4v) is 1.47. The van der Waals surface area contributed by atoms with Crippen LogP contribution in [0.5, 0.6) is 0 Å². The van der Waals surface area contributed by atoms with Crippen molar-refractivity contribution in [3.63, 3.8) is 0 Å². The molecule has 4 nitrogen and oxygen atoms in total. The minimum Gasteiger partial charge on any atom is -0.359 e. The maximum Gasteiger partial charge on any atom is 0.0971 e. The van der Waals surface area contributed by atoms with E-state index in [1.807, 2.05) is 29.1 Å². The van der Waals surface area contributed by atoms with Gasteiger partial charge in [-0.1, -0.05) is 0 Å². The highest BCUT2D eigenvalue weighted by atomic mass is 15.4. The molecule has 0 radical (unpaired) electrons. The number of likely N-dealkylation sites (N-methyl/N-ethyl adjacent to an activating group) is 2. The zero-order valence-electron chi connectivity index (χ0n) is 14.3. The molecular weight excluding hydrogens is 200 g/mol. The molecule has 2 heterocycles. The first-order chi connectivity index (χ1) is 9.58. The Balaban J connectivity index is 0.000000200. The van der Waals surface area contributed by atoms with Gasteiger partial charge in [0.1, 0.15) is 0 Å². The second-order valence-corrected chi connectivity index (χ2v) is 4.22. The van der Waals surface area contributed by atoms with Gasteiger partial charge in [-0.05, 0) is 27.9 Å². The Morgan fingerprint density at radius 1 is 0.875 bits per heavy atom. The zero-order valence-corrected chi connectivity index (χ0v) is 10.3. The van der Waals surface area contributed by atoms with Gasteiger partial charge in [0.2, 0.25) is 0 Å². The Morgan fingerprint density at radius 2 is 1.38 bits per heavy atom. The van der Waals surface area contributed by atoms with E-state index in [1.165, 1.54) is 0 Å². The molecule has 94 valence electrons. The molecule has 4 heteroatoms. The van der Waals surface area contributed by atoms with Crippen molar-refractivity contribution in [2.45, 2.75) is 26.2 Å². The minimum absolute atomic E-state index is 0.190. The highest BCUT2D eigenvalue weighted by Crippen LogP contribution is 2.08. The van der Waals surface area contributed by atoms with Gasteiger partial charge in [-0.15, -0.1) is 0 Å². The average Bonchev–Trinajstić information content (AvgIpc) is 3.01. The number of nitrogens with zero attached hydrogens (tertiary/aromatic N) is 4. The molecule has 0 bridgehead atoms. The van der Waals surface area contributed by atoms with Crippen LogP contribution in [0.25, 0.3) is 0 Å². The van der Waals surface area contributed by atoms with Crippen LogP contribution in [-0.4, -0.2) is 73.1 Å². The normalized spacial score (nSPS) is 27.4. The lowest BCUT2D eigenvalue weighted by Crippen LogP contribution is -2.30. The molecule has 1 saturated heterocycles. The van der Waals surface area contributed by atoms with Crippen LogP contribution in [0.15, 0.2) is 12.4 Å². The molecule has 0 N–H and O–H groups in total. The molecule has 2 aliphatic rings. The van der Waals surface area contributed by atoms with Crippen LogP contribution in [0.3, 0.4) is 0 Å². The molecule has 0 spiro atoms. The number of hydrogen-bond acceptors (Lipinski definition) is 4. The van der Waals surface area contributed by atoms with Crippen molar-refractivity contribution < 1.29 is 5.48 Å². The van der Waals surface area contributed by atoms with Gasteiger partial charge in [-0.3, -0.25) is 9.80 Å². The van der Waals surface area contributed by atoms with Crippen LogP contribution in [0.4, 0.5) is 0 Å². The van der Waals surface area contributed by atoms with Crippen LogP contribution in [-0.2, 0) is 0 Å². The van der Waals surface area contributed by atoms with E-state index < -0.39 is 0 Å². The van der Waals surface area contributed by atoms with E-state index in [1.54, 1.807) is 0 Å². The van der Waals surface area contributed by atoms with Gasteiger partial charge >= 0.3 is 0 Å². The summed E-state index contributed by atoms with van der Waals surface area (Å²) in [4.78, 5) is 7.84. The van der Waals surface area contributed by atoms with E-state index >= 15 is 0 Å². The fraction of sp³-hybridized carbons (Fsp3) is 0.833. The summed E-state index contributed by atoms with van der Waals surface area (Å²) in [5.74, 6) is 0. The molecule has 0 aromatic carbocycles. The molecular formula is C12H26N4. The van der Waals surface area contributed by atoms with Crippen LogP contribution in [0.2, 0.25) is 0 Å². The molecule has 0 aromatic rings. The molecule has 0 atom stereocenters. The average molecular weight is 230 g/mol. The van der Waals surface area contributed by atoms with Gasteiger partial charge < -0.3 is 9.80 Å². The van der Waals surface area contributed by atoms with E-state index in [-0.39, 0.29) is 20.2 Å². The molecule has 16 heavy (non-hydrogen) atoms. The predicted molar refractivity (Wildman–Crippen MR) is 68.9 cm³/mol. The maximum atomic E-state index is 7.13. The summed E-state index contributed by atoms with van der Waals surface area (Å²) >= 11 is 0. The number of hydrogen-bond donors (Lipinski definition) is 0. The van der Waals surface area contributed by atoms with E-state index in [0.29, 0.717) is 20.2 Å². The van der Waals surface area contributed by atoms with E-state index in [9.17, 15) is 0 Å². The first-order valence-corrected chi connectivity index (χ1v) is 5.43. The summed E-state index contributed by atoms with van der Waals surface area (Å²) in [7, 11) is 1.26. The van der Waals surface area contributed by atoms with Crippen LogP contribution < -0.4 is 0 Å². The maximum absolute atomic E-state index is 7.13. The summed E-state index contributed by atoms with van der Waals surface area (Å²) in [6, 6.07) is 0. The Bertz CT molecular complexity index is 279. The van der Waals surface area contributed by atoms with Gasteiger partial charge in [-0.25, -0.2) is 0 Å². The molecule has 0 amide bonds. The van der Waals surface area contributed by atoms with Crippen molar-refractivity contribution in [3.05, 3.63) is 12.4 Å². The van der Waals surface area contributed by atoms with E-state index in [4.69, 9.17) is 5.48 Å². The molecule has 0 aromatic heterocycles. The summed E-state index contributed by atoms with van der Waals surface area (Å²) < 4.78 is 28.4. The summed E-state index contributed by atoms with van der Waals surface area (Å²) in [5, 5.41) is 0. The summed E-state index contributed by atoms with van der Waals surface area (Å²) in [6.07, 6.45) is 4.20. The predicted octanol–water partition coefficient (Wildman–Crippen LogP) is 0.890. The lowest BCUT2D eigenvalue weighted by molar-refractivity contribution is 0.208. The minimum atomic E-state index is 0.190. The third kappa shape index (κ3) is 3.12. The highest BCUT2D eigenvalue weighted by molar-refractivity contribution is 4.91. The Kier molecular flexibility index (Phi) is 2.90. The SMILES string of the molecule is [2H]CN1C=CN(C[2H])C1C.[2H]CN1CCN(C[2H])C1C. The topological polar surface area (TPSA) is 13.0 Å². The van der Waals surface area contributed by atoms with Gasteiger partial charge in [-0.2, -0.15) is 0 Å². The Morgan fingerprint density at radius 3 is 1.62 bits per heavy atom. The monoisotopic (exact) mass is 230 g/mol. The van der Waals surface area contributed by atoms with Crippen molar-refractivity contribution >= 4 is 0 Å². The zero-order chi connectivity index (χ0) is 15.1. The van der Waals surface area contributed by atoms with Crippen LogP contribution in [0.1, 0.15) is 19.3 Å². The van der Waals surface area contributed by atoms with Crippen LogP contribution >= 0.6 is 0 Å². The smallest absolute Gasteiger partial charge is 0.0971 e. The third-order valence-corrected chi connectivity index (χ3v) is 3.14. The molecule has 0 aliphatic carbocycles. The molecule has 2 rings (SSSR count). The lowest BCUT2D eigenvalue weighted by atomic mass is 10.5. The van der Waals surface area contributed by atoms with E-state index in [2.05, 4.69) is 16.7 Å². The largest absolute Gasteiger partial charge is 0.359 e. The highest BCUT2D eigenvalue weighted by Gasteiger charge is 2.20.